The van der Waals surface area contributed by atoms with Crippen LogP contribution in [0.1, 0.15) is 16.3 Å². The van der Waals surface area contributed by atoms with Gasteiger partial charge in [-0.15, -0.1) is 11.3 Å². The van der Waals surface area contributed by atoms with Crippen LogP contribution >= 0.6 is 11.3 Å². The average Bonchev–Trinajstić information content (AvgIpc) is 2.74. The third-order valence-corrected chi connectivity index (χ3v) is 4.56. The fraction of sp³-hybridized carbons (Fsp3) is 0.200. The van der Waals surface area contributed by atoms with Gasteiger partial charge in [0, 0.05) is 22.7 Å². The van der Waals surface area contributed by atoms with Crippen LogP contribution in [-0.4, -0.2) is 14.9 Å². The predicted octanol–water partition coefficient (Wildman–Crippen LogP) is 4.27. The molecule has 0 spiro atoms. The lowest BCUT2D eigenvalue weighted by molar-refractivity contribution is -0.384. The van der Waals surface area contributed by atoms with Crippen LogP contribution in [0.3, 0.4) is 0 Å². The lowest BCUT2D eigenvalue weighted by atomic mass is 10.2. The molecule has 0 saturated heterocycles. The average molecular weight is 314 g/mol. The van der Waals surface area contributed by atoms with Gasteiger partial charge >= 0.3 is 0 Å². The van der Waals surface area contributed by atoms with Crippen LogP contribution < -0.4 is 5.32 Å². The van der Waals surface area contributed by atoms with E-state index in [1.807, 2.05) is 20.8 Å². The molecule has 112 valence electrons. The number of aryl methyl sites for hydroxylation is 3. The number of hydrogen-bond acceptors (Lipinski definition) is 6. The number of rotatable bonds is 3. The first-order valence-electron chi connectivity index (χ1n) is 6.71. The number of nitrogens with one attached hydrogen (secondary N) is 1. The number of aromatic nitrogens is 2. The third-order valence-electron chi connectivity index (χ3n) is 3.46. The highest BCUT2D eigenvalue weighted by molar-refractivity contribution is 7.18. The maximum atomic E-state index is 10.9. The van der Waals surface area contributed by atoms with Crippen molar-refractivity contribution in [2.24, 2.45) is 0 Å². The number of nitro benzene ring substituents is 1. The van der Waals surface area contributed by atoms with Gasteiger partial charge in [-0.25, -0.2) is 9.97 Å². The molecule has 2 aromatic heterocycles. The van der Waals surface area contributed by atoms with E-state index in [0.717, 1.165) is 15.8 Å². The standard InChI is InChI=1S/C15H14N4O2S/c1-8-9(2)22-15-13(8)14(16-10(3)17-15)18-11-5-4-6-12(7-11)19(20)21/h4-7H,1-3H3,(H,16,17,18). The van der Waals surface area contributed by atoms with Gasteiger partial charge in [0.05, 0.1) is 10.3 Å². The van der Waals surface area contributed by atoms with Gasteiger partial charge in [0.1, 0.15) is 16.5 Å². The number of non-ortho nitro benzene ring substituents is 1. The van der Waals surface area contributed by atoms with Crippen molar-refractivity contribution < 1.29 is 4.92 Å². The summed E-state index contributed by atoms with van der Waals surface area (Å²) in [7, 11) is 0. The maximum Gasteiger partial charge on any atom is 0.271 e. The maximum absolute atomic E-state index is 10.9. The zero-order valence-corrected chi connectivity index (χ0v) is 13.2. The number of anilines is 2. The largest absolute Gasteiger partial charge is 0.339 e. The number of nitrogens with zero attached hydrogens (tertiary/aromatic N) is 3. The molecule has 0 unspecified atom stereocenters. The number of nitro groups is 1. The highest BCUT2D eigenvalue weighted by Crippen LogP contribution is 2.34. The van der Waals surface area contributed by atoms with Crippen molar-refractivity contribution in [3.05, 3.63) is 50.6 Å². The van der Waals surface area contributed by atoms with E-state index >= 15 is 0 Å². The molecule has 22 heavy (non-hydrogen) atoms. The molecular weight excluding hydrogens is 300 g/mol. The molecule has 3 aromatic rings. The zero-order valence-electron chi connectivity index (χ0n) is 12.4. The second-order valence-corrected chi connectivity index (χ2v) is 6.22. The van der Waals surface area contributed by atoms with Crippen LogP contribution in [0.15, 0.2) is 24.3 Å². The monoisotopic (exact) mass is 314 g/mol. The summed E-state index contributed by atoms with van der Waals surface area (Å²) in [6.07, 6.45) is 0. The number of fused-ring (bicyclic) bond motifs is 1. The summed E-state index contributed by atoms with van der Waals surface area (Å²) >= 11 is 1.63. The lowest BCUT2D eigenvalue weighted by Crippen LogP contribution is -1.99. The Labute approximate surface area is 131 Å². The molecule has 1 N–H and O–H groups in total. The van der Waals surface area contributed by atoms with Crippen LogP contribution in [0.25, 0.3) is 10.2 Å². The summed E-state index contributed by atoms with van der Waals surface area (Å²) in [6.45, 7) is 5.92. The quantitative estimate of drug-likeness (QED) is 0.577. The Morgan fingerprint density at radius 1 is 1.23 bits per heavy atom. The highest BCUT2D eigenvalue weighted by atomic mass is 32.1. The summed E-state index contributed by atoms with van der Waals surface area (Å²) in [5, 5.41) is 15.0. The van der Waals surface area contributed by atoms with Crippen molar-refractivity contribution in [2.75, 3.05) is 5.32 Å². The van der Waals surface area contributed by atoms with Gasteiger partial charge in [-0.1, -0.05) is 6.07 Å². The first-order valence-corrected chi connectivity index (χ1v) is 7.53. The van der Waals surface area contributed by atoms with E-state index in [2.05, 4.69) is 15.3 Å². The number of thiophene rings is 1. The Hall–Kier alpha value is -2.54. The van der Waals surface area contributed by atoms with Gasteiger partial charge in [-0.3, -0.25) is 10.1 Å². The van der Waals surface area contributed by atoms with Crippen molar-refractivity contribution in [1.82, 2.24) is 9.97 Å². The molecule has 7 heteroatoms. The van der Waals surface area contributed by atoms with E-state index in [0.29, 0.717) is 17.3 Å². The third kappa shape index (κ3) is 2.50. The van der Waals surface area contributed by atoms with Crippen LogP contribution in [0.5, 0.6) is 0 Å². The fourth-order valence-corrected chi connectivity index (χ4v) is 3.36. The summed E-state index contributed by atoms with van der Waals surface area (Å²) in [5.41, 5.74) is 1.81. The molecule has 0 saturated carbocycles. The Balaban J connectivity index is 2.11. The molecule has 0 fully saturated rings. The second-order valence-electron chi connectivity index (χ2n) is 5.02. The Morgan fingerprint density at radius 2 is 2.00 bits per heavy atom. The van der Waals surface area contributed by atoms with Gasteiger partial charge in [0.15, 0.2) is 0 Å². The summed E-state index contributed by atoms with van der Waals surface area (Å²) < 4.78 is 0. The first kappa shape index (κ1) is 14.4. The minimum absolute atomic E-state index is 0.0465. The molecule has 6 nitrogen and oxygen atoms in total. The molecule has 0 bridgehead atoms. The minimum atomic E-state index is -0.411. The molecule has 0 amide bonds. The van der Waals surface area contributed by atoms with Crippen LogP contribution in [0.2, 0.25) is 0 Å². The first-order chi connectivity index (χ1) is 10.5. The van der Waals surface area contributed by atoms with Crippen LogP contribution in [0.4, 0.5) is 17.2 Å². The van der Waals surface area contributed by atoms with Crippen molar-refractivity contribution in [3.63, 3.8) is 0 Å². The molecule has 0 aliphatic carbocycles. The molecule has 1 aromatic carbocycles. The van der Waals surface area contributed by atoms with Gasteiger partial charge < -0.3 is 5.32 Å². The van der Waals surface area contributed by atoms with Crippen molar-refractivity contribution in [3.8, 4) is 0 Å². The van der Waals surface area contributed by atoms with Gasteiger partial charge in [0.25, 0.3) is 5.69 Å². The van der Waals surface area contributed by atoms with E-state index in [-0.39, 0.29) is 5.69 Å². The smallest absolute Gasteiger partial charge is 0.271 e. The Kier molecular flexibility index (Phi) is 3.50. The molecule has 0 aliphatic heterocycles. The minimum Gasteiger partial charge on any atom is -0.339 e. The zero-order chi connectivity index (χ0) is 15.9. The number of hydrogen-bond donors (Lipinski definition) is 1. The van der Waals surface area contributed by atoms with Gasteiger partial charge in [-0.2, -0.15) is 0 Å². The predicted molar refractivity (Wildman–Crippen MR) is 88.0 cm³/mol. The molecular formula is C15H14N4O2S. The van der Waals surface area contributed by atoms with Crippen molar-refractivity contribution in [1.29, 1.82) is 0 Å². The molecule has 0 atom stereocenters. The topological polar surface area (TPSA) is 81.0 Å². The van der Waals surface area contributed by atoms with E-state index in [4.69, 9.17) is 0 Å². The van der Waals surface area contributed by atoms with E-state index in [1.54, 1.807) is 23.5 Å². The molecule has 0 radical (unpaired) electrons. The van der Waals surface area contributed by atoms with Gasteiger partial charge in [-0.05, 0) is 32.4 Å². The number of benzene rings is 1. The Bertz CT molecular complexity index is 889. The van der Waals surface area contributed by atoms with E-state index in [9.17, 15) is 10.1 Å². The molecule has 0 aliphatic rings. The molecule has 3 rings (SSSR count). The molecule has 2 heterocycles. The SMILES string of the molecule is Cc1nc(Nc2cccc([N+](=O)[O-])c2)c2c(C)c(C)sc2n1. The summed E-state index contributed by atoms with van der Waals surface area (Å²) in [4.78, 5) is 21.5. The Morgan fingerprint density at radius 3 is 2.73 bits per heavy atom. The van der Waals surface area contributed by atoms with Gasteiger partial charge in [0.2, 0.25) is 0 Å². The fourth-order valence-electron chi connectivity index (χ4n) is 2.28. The van der Waals surface area contributed by atoms with Crippen LogP contribution in [0, 0.1) is 30.9 Å². The summed E-state index contributed by atoms with van der Waals surface area (Å²) in [6, 6.07) is 6.39. The summed E-state index contributed by atoms with van der Waals surface area (Å²) in [5.74, 6) is 1.35. The normalized spacial score (nSPS) is 10.9. The second kappa shape index (κ2) is 5.34. The lowest BCUT2D eigenvalue weighted by Gasteiger charge is -2.08. The van der Waals surface area contributed by atoms with E-state index < -0.39 is 4.92 Å². The van der Waals surface area contributed by atoms with Crippen LogP contribution in [-0.2, 0) is 0 Å². The highest BCUT2D eigenvalue weighted by Gasteiger charge is 2.14. The van der Waals surface area contributed by atoms with Crippen molar-refractivity contribution >= 4 is 38.7 Å². The van der Waals surface area contributed by atoms with E-state index in [1.165, 1.54) is 17.0 Å². The van der Waals surface area contributed by atoms with Crippen molar-refractivity contribution in [2.45, 2.75) is 20.8 Å².